The number of likely N-dealkylation sites (tertiary alicyclic amines) is 1. The van der Waals surface area contributed by atoms with E-state index in [2.05, 4.69) is 38.5 Å². The Morgan fingerprint density at radius 3 is 2.90 bits per heavy atom. The SMILES string of the molecule is CCOC(=O)C1CCCCN1C(=O)c1cc(Br)ccc1I. The maximum Gasteiger partial charge on any atom is 0.328 e. The van der Waals surface area contributed by atoms with Crippen molar-refractivity contribution in [3.05, 3.63) is 31.8 Å². The second-order valence-electron chi connectivity index (χ2n) is 4.89. The minimum atomic E-state index is -0.457. The van der Waals surface area contributed by atoms with Crippen LogP contribution in [0.1, 0.15) is 36.5 Å². The van der Waals surface area contributed by atoms with E-state index in [1.165, 1.54) is 0 Å². The lowest BCUT2D eigenvalue weighted by Gasteiger charge is -2.34. The van der Waals surface area contributed by atoms with Gasteiger partial charge in [0.1, 0.15) is 6.04 Å². The Morgan fingerprint density at radius 1 is 1.43 bits per heavy atom. The van der Waals surface area contributed by atoms with E-state index in [-0.39, 0.29) is 11.9 Å². The summed E-state index contributed by atoms with van der Waals surface area (Å²) in [4.78, 5) is 26.5. The van der Waals surface area contributed by atoms with Gasteiger partial charge in [-0.25, -0.2) is 4.79 Å². The zero-order valence-electron chi connectivity index (χ0n) is 11.8. The Bertz CT molecular complexity index is 550. The third-order valence-electron chi connectivity index (χ3n) is 3.48. The number of piperidine rings is 1. The van der Waals surface area contributed by atoms with E-state index in [1.807, 2.05) is 12.1 Å². The molecule has 0 aromatic heterocycles. The summed E-state index contributed by atoms with van der Waals surface area (Å²) < 4.78 is 6.85. The minimum absolute atomic E-state index is 0.0987. The number of rotatable bonds is 3. The quantitative estimate of drug-likeness (QED) is 0.506. The van der Waals surface area contributed by atoms with Crippen molar-refractivity contribution >= 4 is 50.4 Å². The fraction of sp³-hybridized carbons (Fsp3) is 0.467. The van der Waals surface area contributed by atoms with Crippen LogP contribution in [0.4, 0.5) is 0 Å². The monoisotopic (exact) mass is 465 g/mol. The van der Waals surface area contributed by atoms with Gasteiger partial charge in [-0.05, 0) is 67.0 Å². The van der Waals surface area contributed by atoms with Crippen LogP contribution >= 0.6 is 38.5 Å². The fourth-order valence-electron chi connectivity index (χ4n) is 2.47. The molecule has 1 heterocycles. The number of carbonyl (C=O) groups excluding carboxylic acids is 2. The number of hydrogen-bond donors (Lipinski definition) is 0. The number of carbonyl (C=O) groups is 2. The first-order valence-electron chi connectivity index (χ1n) is 6.97. The highest BCUT2D eigenvalue weighted by Crippen LogP contribution is 2.25. The van der Waals surface area contributed by atoms with Gasteiger partial charge < -0.3 is 9.64 Å². The van der Waals surface area contributed by atoms with Crippen molar-refractivity contribution in [2.24, 2.45) is 0 Å². The van der Waals surface area contributed by atoms with Crippen LogP contribution in [0, 0.1) is 3.57 Å². The van der Waals surface area contributed by atoms with Gasteiger partial charge in [0.15, 0.2) is 0 Å². The van der Waals surface area contributed by atoms with Crippen molar-refractivity contribution in [2.45, 2.75) is 32.2 Å². The Morgan fingerprint density at radius 2 is 2.19 bits per heavy atom. The largest absolute Gasteiger partial charge is 0.464 e. The van der Waals surface area contributed by atoms with Crippen LogP contribution in [-0.4, -0.2) is 36.0 Å². The van der Waals surface area contributed by atoms with Crippen molar-refractivity contribution in [3.63, 3.8) is 0 Å². The van der Waals surface area contributed by atoms with Gasteiger partial charge in [-0.2, -0.15) is 0 Å². The summed E-state index contributed by atoms with van der Waals surface area (Å²) in [5.41, 5.74) is 0.626. The molecule has 1 aliphatic rings. The number of benzene rings is 1. The normalized spacial score (nSPS) is 18.4. The minimum Gasteiger partial charge on any atom is -0.464 e. The summed E-state index contributed by atoms with van der Waals surface area (Å²) in [6.45, 7) is 2.72. The zero-order chi connectivity index (χ0) is 15.4. The molecular weight excluding hydrogens is 449 g/mol. The average Bonchev–Trinajstić information content (AvgIpc) is 2.49. The summed E-state index contributed by atoms with van der Waals surface area (Å²) in [6.07, 6.45) is 2.55. The lowest BCUT2D eigenvalue weighted by molar-refractivity contribution is -0.149. The van der Waals surface area contributed by atoms with E-state index in [1.54, 1.807) is 17.9 Å². The van der Waals surface area contributed by atoms with Gasteiger partial charge >= 0.3 is 5.97 Å². The molecule has 1 atom stereocenters. The molecule has 1 saturated heterocycles. The van der Waals surface area contributed by atoms with Gasteiger partial charge in [-0.3, -0.25) is 4.79 Å². The molecule has 1 aromatic carbocycles. The van der Waals surface area contributed by atoms with Crippen molar-refractivity contribution in [3.8, 4) is 0 Å². The Kier molecular flexibility index (Phi) is 6.04. The van der Waals surface area contributed by atoms with E-state index >= 15 is 0 Å². The molecule has 0 spiro atoms. The molecule has 0 radical (unpaired) electrons. The van der Waals surface area contributed by atoms with Gasteiger partial charge in [0, 0.05) is 14.6 Å². The van der Waals surface area contributed by atoms with Crippen LogP contribution in [0.15, 0.2) is 22.7 Å². The molecule has 1 aliphatic heterocycles. The molecular formula is C15H17BrINO3. The molecule has 1 unspecified atom stereocenters. The summed E-state index contributed by atoms with van der Waals surface area (Å²) in [5.74, 6) is -0.394. The van der Waals surface area contributed by atoms with E-state index in [0.29, 0.717) is 25.1 Å². The van der Waals surface area contributed by atoms with Crippen molar-refractivity contribution < 1.29 is 14.3 Å². The third kappa shape index (κ3) is 3.97. The Labute approximate surface area is 146 Å². The molecule has 6 heteroatoms. The molecule has 1 fully saturated rings. The van der Waals surface area contributed by atoms with Gasteiger partial charge in [0.25, 0.3) is 5.91 Å². The van der Waals surface area contributed by atoms with E-state index < -0.39 is 6.04 Å². The molecule has 0 N–H and O–H groups in total. The first-order chi connectivity index (χ1) is 10.0. The molecule has 0 aliphatic carbocycles. The predicted molar refractivity (Wildman–Crippen MR) is 92.2 cm³/mol. The number of amides is 1. The lowest BCUT2D eigenvalue weighted by Crippen LogP contribution is -2.48. The summed E-state index contributed by atoms with van der Waals surface area (Å²) >= 11 is 5.54. The van der Waals surface area contributed by atoms with Crippen LogP contribution in [0.25, 0.3) is 0 Å². The number of nitrogens with zero attached hydrogens (tertiary/aromatic N) is 1. The van der Waals surface area contributed by atoms with Crippen LogP contribution in [0.3, 0.4) is 0 Å². The first-order valence-corrected chi connectivity index (χ1v) is 8.84. The Balaban J connectivity index is 2.26. The molecule has 2 rings (SSSR count). The van der Waals surface area contributed by atoms with Gasteiger partial charge in [-0.1, -0.05) is 15.9 Å². The number of halogens is 2. The highest BCUT2D eigenvalue weighted by atomic mass is 127. The predicted octanol–water partition coefficient (Wildman–Crippen LogP) is 3.61. The molecule has 21 heavy (non-hydrogen) atoms. The molecule has 0 bridgehead atoms. The average molecular weight is 466 g/mol. The molecule has 1 amide bonds. The van der Waals surface area contributed by atoms with Gasteiger partial charge in [-0.15, -0.1) is 0 Å². The van der Waals surface area contributed by atoms with Gasteiger partial charge in [0.05, 0.1) is 12.2 Å². The Hall–Kier alpha value is -0.630. The molecule has 114 valence electrons. The van der Waals surface area contributed by atoms with Crippen molar-refractivity contribution in [1.29, 1.82) is 0 Å². The second kappa shape index (κ2) is 7.58. The van der Waals surface area contributed by atoms with Crippen LogP contribution < -0.4 is 0 Å². The van der Waals surface area contributed by atoms with Crippen LogP contribution in [0.5, 0.6) is 0 Å². The lowest BCUT2D eigenvalue weighted by atomic mass is 10.0. The highest BCUT2D eigenvalue weighted by Gasteiger charge is 2.34. The first kappa shape index (κ1) is 16.7. The van der Waals surface area contributed by atoms with Crippen molar-refractivity contribution in [1.82, 2.24) is 4.90 Å². The standard InChI is InChI=1S/C15H17BrINO3/c1-2-21-15(20)13-5-3-4-8-18(13)14(19)11-9-10(16)6-7-12(11)17/h6-7,9,13H,2-5,8H2,1H3. The van der Waals surface area contributed by atoms with Gasteiger partial charge in [0.2, 0.25) is 0 Å². The zero-order valence-corrected chi connectivity index (χ0v) is 15.5. The fourth-order valence-corrected chi connectivity index (χ4v) is 3.40. The number of hydrogen-bond acceptors (Lipinski definition) is 3. The van der Waals surface area contributed by atoms with Crippen LogP contribution in [0.2, 0.25) is 0 Å². The molecule has 1 aromatic rings. The second-order valence-corrected chi connectivity index (χ2v) is 6.96. The van der Waals surface area contributed by atoms with Crippen molar-refractivity contribution in [2.75, 3.05) is 13.2 Å². The topological polar surface area (TPSA) is 46.6 Å². The molecule has 0 saturated carbocycles. The maximum atomic E-state index is 12.8. The molecule has 4 nitrogen and oxygen atoms in total. The summed E-state index contributed by atoms with van der Waals surface area (Å²) in [5, 5.41) is 0. The highest BCUT2D eigenvalue weighted by molar-refractivity contribution is 14.1. The number of ether oxygens (including phenoxy) is 1. The third-order valence-corrected chi connectivity index (χ3v) is 4.92. The number of esters is 1. The summed E-state index contributed by atoms with van der Waals surface area (Å²) in [7, 11) is 0. The van der Waals surface area contributed by atoms with E-state index in [4.69, 9.17) is 4.74 Å². The van der Waals surface area contributed by atoms with Crippen LogP contribution in [-0.2, 0) is 9.53 Å². The van der Waals surface area contributed by atoms with E-state index in [0.717, 1.165) is 20.9 Å². The smallest absolute Gasteiger partial charge is 0.328 e. The maximum absolute atomic E-state index is 12.8. The summed E-state index contributed by atoms with van der Waals surface area (Å²) in [6, 6.07) is 5.14. The van der Waals surface area contributed by atoms with E-state index in [9.17, 15) is 9.59 Å².